The lowest BCUT2D eigenvalue weighted by atomic mass is 10.1. The molecule has 0 bridgehead atoms. The van der Waals surface area contributed by atoms with Crippen molar-refractivity contribution in [1.29, 1.82) is 0 Å². The third kappa shape index (κ3) is 6.43. The summed E-state index contributed by atoms with van der Waals surface area (Å²) < 4.78 is 15.8. The van der Waals surface area contributed by atoms with E-state index in [2.05, 4.69) is 5.32 Å². The van der Waals surface area contributed by atoms with Gasteiger partial charge in [-0.05, 0) is 18.6 Å². The Bertz CT molecular complexity index is 461. The highest BCUT2D eigenvalue weighted by atomic mass is 16.5. The number of methoxy groups -OCH3 is 2. The Morgan fingerprint density at radius 1 is 1.32 bits per heavy atom. The number of carbonyl (C=O) groups excluding carboxylic acids is 1. The van der Waals surface area contributed by atoms with Crippen molar-refractivity contribution in [2.75, 3.05) is 34.0 Å². The second-order valence-corrected chi connectivity index (χ2v) is 5.03. The Morgan fingerprint density at radius 3 is 2.73 bits per heavy atom. The van der Waals surface area contributed by atoms with Gasteiger partial charge in [0.05, 0.1) is 19.1 Å². The van der Waals surface area contributed by atoms with Gasteiger partial charge in [-0.1, -0.05) is 12.1 Å². The topological polar surface area (TPSA) is 82.8 Å². The van der Waals surface area contributed by atoms with Crippen LogP contribution in [0.2, 0.25) is 0 Å². The van der Waals surface area contributed by atoms with Crippen molar-refractivity contribution >= 4 is 5.91 Å². The van der Waals surface area contributed by atoms with Gasteiger partial charge in [0, 0.05) is 32.9 Å². The molecule has 1 atom stereocenters. The average Bonchev–Trinajstić information content (AvgIpc) is 2.52. The molecule has 0 saturated carbocycles. The first kappa shape index (κ1) is 18.4. The van der Waals surface area contributed by atoms with Crippen molar-refractivity contribution < 1.29 is 19.0 Å². The smallest absolute Gasteiger partial charge is 0.222 e. The predicted octanol–water partition coefficient (Wildman–Crippen LogP) is 1.00. The van der Waals surface area contributed by atoms with Gasteiger partial charge in [-0.15, -0.1) is 0 Å². The minimum Gasteiger partial charge on any atom is -0.491 e. The van der Waals surface area contributed by atoms with Gasteiger partial charge >= 0.3 is 0 Å². The van der Waals surface area contributed by atoms with Crippen molar-refractivity contribution in [3.63, 3.8) is 0 Å². The van der Waals surface area contributed by atoms with E-state index in [0.717, 1.165) is 16.9 Å². The van der Waals surface area contributed by atoms with Crippen LogP contribution in [0.25, 0.3) is 0 Å². The Kier molecular flexibility index (Phi) is 8.50. The number of hydrogen-bond donors (Lipinski definition) is 2. The standard InChI is InChI=1S/C16H26N2O4/c1-12-4-5-13(15(8-12)22-7-6-20-2)11-18-16(19)9-14(10-17)21-3/h4-5,8,14H,6-7,9-11,17H2,1-3H3,(H,18,19). The quantitative estimate of drug-likeness (QED) is 0.630. The van der Waals surface area contributed by atoms with E-state index in [9.17, 15) is 4.79 Å². The van der Waals surface area contributed by atoms with E-state index in [4.69, 9.17) is 19.9 Å². The number of amides is 1. The minimum absolute atomic E-state index is 0.0966. The fraction of sp³-hybridized carbons (Fsp3) is 0.562. The first-order valence-corrected chi connectivity index (χ1v) is 7.31. The SMILES string of the molecule is COCCOc1cc(C)ccc1CNC(=O)CC(CN)OC. The summed E-state index contributed by atoms with van der Waals surface area (Å²) >= 11 is 0. The maximum Gasteiger partial charge on any atom is 0.222 e. The van der Waals surface area contributed by atoms with Crippen LogP contribution in [0.1, 0.15) is 17.5 Å². The van der Waals surface area contributed by atoms with Crippen molar-refractivity contribution in [3.8, 4) is 5.75 Å². The molecule has 3 N–H and O–H groups in total. The molecular weight excluding hydrogens is 284 g/mol. The van der Waals surface area contributed by atoms with Gasteiger partial charge in [0.25, 0.3) is 0 Å². The largest absolute Gasteiger partial charge is 0.491 e. The Balaban J connectivity index is 2.58. The number of benzene rings is 1. The zero-order chi connectivity index (χ0) is 16.4. The number of aryl methyl sites for hydroxylation is 1. The molecular formula is C16H26N2O4. The predicted molar refractivity (Wildman–Crippen MR) is 84.9 cm³/mol. The number of carbonyl (C=O) groups is 1. The molecule has 0 spiro atoms. The van der Waals surface area contributed by atoms with E-state index in [-0.39, 0.29) is 18.4 Å². The van der Waals surface area contributed by atoms with Crippen LogP contribution in [-0.2, 0) is 20.8 Å². The lowest BCUT2D eigenvalue weighted by Crippen LogP contribution is -2.32. The average molecular weight is 310 g/mol. The summed E-state index contributed by atoms with van der Waals surface area (Å²) in [5.74, 6) is 0.667. The van der Waals surface area contributed by atoms with Gasteiger partial charge in [-0.25, -0.2) is 0 Å². The molecule has 0 aliphatic carbocycles. The third-order valence-corrected chi connectivity index (χ3v) is 3.25. The summed E-state index contributed by atoms with van der Waals surface area (Å²) in [6, 6.07) is 5.89. The van der Waals surface area contributed by atoms with Gasteiger partial charge in [0.2, 0.25) is 5.91 Å². The second kappa shape index (κ2) is 10.2. The van der Waals surface area contributed by atoms with E-state index < -0.39 is 0 Å². The lowest BCUT2D eigenvalue weighted by molar-refractivity contribution is -0.123. The molecule has 22 heavy (non-hydrogen) atoms. The van der Waals surface area contributed by atoms with Gasteiger partial charge in [-0.3, -0.25) is 4.79 Å². The summed E-state index contributed by atoms with van der Waals surface area (Å²) in [4.78, 5) is 11.9. The summed E-state index contributed by atoms with van der Waals surface area (Å²) in [6.45, 7) is 3.71. The number of hydrogen-bond acceptors (Lipinski definition) is 5. The fourth-order valence-corrected chi connectivity index (χ4v) is 1.91. The highest BCUT2D eigenvalue weighted by molar-refractivity contribution is 5.76. The molecule has 1 unspecified atom stereocenters. The van der Waals surface area contributed by atoms with E-state index in [0.29, 0.717) is 26.3 Å². The highest BCUT2D eigenvalue weighted by Gasteiger charge is 2.12. The minimum atomic E-state index is -0.254. The molecule has 1 aromatic carbocycles. The molecule has 0 fully saturated rings. The molecule has 6 nitrogen and oxygen atoms in total. The summed E-state index contributed by atoms with van der Waals surface area (Å²) in [6.07, 6.45) is -0.00548. The number of nitrogens with one attached hydrogen (secondary N) is 1. The van der Waals surface area contributed by atoms with Crippen molar-refractivity contribution in [1.82, 2.24) is 5.32 Å². The fourth-order valence-electron chi connectivity index (χ4n) is 1.91. The summed E-state index contributed by atoms with van der Waals surface area (Å²) in [5, 5.41) is 2.86. The second-order valence-electron chi connectivity index (χ2n) is 5.03. The van der Waals surface area contributed by atoms with Crippen LogP contribution in [0, 0.1) is 6.92 Å². The molecule has 0 heterocycles. The molecule has 124 valence electrons. The van der Waals surface area contributed by atoms with Crippen molar-refractivity contribution in [3.05, 3.63) is 29.3 Å². The first-order valence-electron chi connectivity index (χ1n) is 7.31. The Morgan fingerprint density at radius 2 is 2.09 bits per heavy atom. The van der Waals surface area contributed by atoms with Crippen LogP contribution in [0.4, 0.5) is 0 Å². The maximum atomic E-state index is 11.9. The monoisotopic (exact) mass is 310 g/mol. The van der Waals surface area contributed by atoms with E-state index in [1.165, 1.54) is 0 Å². The van der Waals surface area contributed by atoms with Crippen LogP contribution >= 0.6 is 0 Å². The molecule has 1 amide bonds. The number of nitrogens with two attached hydrogens (primary N) is 1. The van der Waals surface area contributed by atoms with Gasteiger partial charge in [0.15, 0.2) is 0 Å². The zero-order valence-electron chi connectivity index (χ0n) is 13.6. The molecule has 0 aromatic heterocycles. The van der Waals surface area contributed by atoms with Crippen LogP contribution < -0.4 is 15.8 Å². The van der Waals surface area contributed by atoms with E-state index >= 15 is 0 Å². The van der Waals surface area contributed by atoms with Gasteiger partial charge in [0.1, 0.15) is 12.4 Å². The normalized spacial score (nSPS) is 12.0. The van der Waals surface area contributed by atoms with Crippen molar-refractivity contribution in [2.24, 2.45) is 5.73 Å². The molecule has 0 aliphatic heterocycles. The molecule has 0 radical (unpaired) electrons. The van der Waals surface area contributed by atoms with Gasteiger partial charge in [-0.2, -0.15) is 0 Å². The molecule has 6 heteroatoms. The maximum absolute atomic E-state index is 11.9. The van der Waals surface area contributed by atoms with E-state index in [1.807, 2.05) is 25.1 Å². The highest BCUT2D eigenvalue weighted by Crippen LogP contribution is 2.20. The molecule has 1 aromatic rings. The van der Waals surface area contributed by atoms with E-state index in [1.54, 1.807) is 14.2 Å². The van der Waals surface area contributed by atoms with Crippen LogP contribution in [0.15, 0.2) is 18.2 Å². The molecule has 1 rings (SSSR count). The summed E-state index contributed by atoms with van der Waals surface area (Å²) in [7, 11) is 3.18. The van der Waals surface area contributed by atoms with Crippen LogP contribution in [0.3, 0.4) is 0 Å². The van der Waals surface area contributed by atoms with Crippen molar-refractivity contribution in [2.45, 2.75) is 26.0 Å². The van der Waals surface area contributed by atoms with Gasteiger partial charge < -0.3 is 25.3 Å². The molecule has 0 saturated heterocycles. The Labute approximate surface area is 131 Å². The first-order chi connectivity index (χ1) is 10.6. The third-order valence-electron chi connectivity index (χ3n) is 3.25. The van der Waals surface area contributed by atoms with Crippen LogP contribution in [-0.4, -0.2) is 46.0 Å². The molecule has 0 aliphatic rings. The lowest BCUT2D eigenvalue weighted by Gasteiger charge is -2.15. The number of rotatable bonds is 10. The zero-order valence-corrected chi connectivity index (χ0v) is 13.6. The number of ether oxygens (including phenoxy) is 3. The Hall–Kier alpha value is -1.63. The summed E-state index contributed by atoms with van der Waals surface area (Å²) in [5.41, 5.74) is 7.54. The van der Waals surface area contributed by atoms with Crippen LogP contribution in [0.5, 0.6) is 5.75 Å².